The van der Waals surface area contributed by atoms with Crippen LogP contribution in [0.5, 0.6) is 0 Å². The third kappa shape index (κ3) is 5.54. The average molecular weight is 399 g/mol. The molecule has 150 valence electrons. The molecule has 2 rings (SSSR count). The number of hydrogen-bond acceptors (Lipinski definition) is 7. The maximum absolute atomic E-state index is 12.7. The van der Waals surface area contributed by atoms with E-state index in [1.54, 1.807) is 13.8 Å². The molecule has 0 unspecified atom stereocenters. The van der Waals surface area contributed by atoms with Crippen LogP contribution in [0.15, 0.2) is 30.3 Å². The predicted octanol–water partition coefficient (Wildman–Crippen LogP) is 3.11. The normalized spacial score (nSPS) is 21.4. The molecule has 0 radical (unpaired) electrons. The van der Waals surface area contributed by atoms with Crippen molar-refractivity contribution in [3.05, 3.63) is 35.9 Å². The lowest BCUT2D eigenvalue weighted by molar-refractivity contribution is -0.144. The molecule has 1 aromatic carbocycles. The van der Waals surface area contributed by atoms with E-state index < -0.39 is 31.1 Å². The van der Waals surface area contributed by atoms with Crippen LogP contribution in [0.2, 0.25) is 0 Å². The molecule has 2 atom stereocenters. The summed E-state index contributed by atoms with van der Waals surface area (Å²) in [5.41, 5.74) is -0.448. The number of carbonyl (C=O) groups excluding carboxylic acids is 2. The fourth-order valence-corrected chi connectivity index (χ4v) is 4.99. The third-order valence-corrected chi connectivity index (χ3v) is 6.48. The van der Waals surface area contributed by atoms with E-state index in [0.29, 0.717) is 0 Å². The minimum atomic E-state index is -3.35. The molecule has 0 heterocycles. The number of hydrogen-bond donors (Lipinski definition) is 1. The zero-order valence-corrected chi connectivity index (χ0v) is 16.7. The Kier molecular flexibility index (Phi) is 7.41. The summed E-state index contributed by atoms with van der Waals surface area (Å²) in [7, 11) is -2.11. The highest BCUT2D eigenvalue weighted by atomic mass is 31.2. The van der Waals surface area contributed by atoms with Gasteiger partial charge in [-0.1, -0.05) is 30.3 Å². The van der Waals surface area contributed by atoms with E-state index in [1.165, 1.54) is 7.11 Å². The Balaban J connectivity index is 2.00. The highest BCUT2D eigenvalue weighted by molar-refractivity contribution is 7.53. The number of amides is 1. The maximum atomic E-state index is 12.7. The summed E-state index contributed by atoms with van der Waals surface area (Å²) < 4.78 is 33.3. The van der Waals surface area contributed by atoms with Crippen molar-refractivity contribution < 1.29 is 32.7 Å². The second kappa shape index (κ2) is 9.35. The van der Waals surface area contributed by atoms with Crippen LogP contribution in [-0.2, 0) is 34.5 Å². The lowest BCUT2D eigenvalue weighted by Crippen LogP contribution is -2.46. The van der Waals surface area contributed by atoms with Crippen molar-refractivity contribution in [3.63, 3.8) is 0 Å². The molecule has 1 aliphatic rings. The first kappa shape index (κ1) is 21.4. The van der Waals surface area contributed by atoms with E-state index in [-0.39, 0.29) is 32.4 Å². The molecule has 1 aromatic rings. The number of benzene rings is 1. The first-order chi connectivity index (χ1) is 12.9. The van der Waals surface area contributed by atoms with Crippen LogP contribution in [0, 0.1) is 5.92 Å². The second-order valence-corrected chi connectivity index (χ2v) is 8.28. The average Bonchev–Trinajstić information content (AvgIpc) is 3.32. The lowest BCUT2D eigenvalue weighted by Gasteiger charge is -2.20. The van der Waals surface area contributed by atoms with Gasteiger partial charge in [-0.25, -0.2) is 9.59 Å². The van der Waals surface area contributed by atoms with E-state index >= 15 is 0 Å². The van der Waals surface area contributed by atoms with Crippen LogP contribution >= 0.6 is 7.60 Å². The lowest BCUT2D eigenvalue weighted by atomic mass is 10.2. The molecule has 1 fully saturated rings. The summed E-state index contributed by atoms with van der Waals surface area (Å²) in [6.45, 7) is 3.95. The maximum Gasteiger partial charge on any atom is 0.408 e. The fraction of sp³-hybridized carbons (Fsp3) is 0.556. The first-order valence-corrected chi connectivity index (χ1v) is 10.6. The summed E-state index contributed by atoms with van der Waals surface area (Å²) in [6, 6.07) is 9.18. The molecule has 8 nitrogen and oxygen atoms in total. The standard InChI is InChI=1S/C18H26NO7P/c1-4-25-27(22,26-5-2)13-15-11-18(15,16(20)23-3)19-17(21)24-12-14-9-7-6-8-10-14/h6-10,15H,4-5,11-13H2,1-3H3,(H,19,21)/t15-,18-/m0/s1. The largest absolute Gasteiger partial charge is 0.467 e. The molecule has 0 saturated heterocycles. The Morgan fingerprint density at radius 2 is 1.81 bits per heavy atom. The highest BCUT2D eigenvalue weighted by Gasteiger charge is 2.64. The van der Waals surface area contributed by atoms with Gasteiger partial charge in [0.25, 0.3) is 0 Å². The highest BCUT2D eigenvalue weighted by Crippen LogP contribution is 2.58. The smallest absolute Gasteiger partial charge is 0.408 e. The molecule has 0 bridgehead atoms. The molecule has 0 aromatic heterocycles. The number of rotatable bonds is 10. The molecule has 1 aliphatic carbocycles. The quantitative estimate of drug-likeness (QED) is 0.477. The van der Waals surface area contributed by atoms with Gasteiger partial charge in [0.1, 0.15) is 12.1 Å². The Bertz CT molecular complexity index is 686. The van der Waals surface area contributed by atoms with Crippen molar-refractivity contribution in [3.8, 4) is 0 Å². The van der Waals surface area contributed by atoms with Crippen molar-refractivity contribution in [2.24, 2.45) is 5.92 Å². The van der Waals surface area contributed by atoms with Crippen LogP contribution in [-0.4, -0.2) is 44.1 Å². The molecular weight excluding hydrogens is 373 g/mol. The summed E-state index contributed by atoms with van der Waals surface area (Å²) in [5, 5.41) is 2.58. The molecule has 1 N–H and O–H groups in total. The van der Waals surface area contributed by atoms with E-state index in [9.17, 15) is 14.2 Å². The molecule has 0 spiro atoms. The molecule has 27 heavy (non-hydrogen) atoms. The van der Waals surface area contributed by atoms with Crippen molar-refractivity contribution in [2.45, 2.75) is 32.4 Å². The zero-order valence-electron chi connectivity index (χ0n) is 15.8. The molecular formula is C18H26NO7P. The molecule has 1 saturated carbocycles. The van der Waals surface area contributed by atoms with Gasteiger partial charge < -0.3 is 23.8 Å². The number of ether oxygens (including phenoxy) is 2. The number of alkyl carbamates (subject to hydrolysis) is 1. The first-order valence-electron chi connectivity index (χ1n) is 8.84. The summed E-state index contributed by atoms with van der Waals surface area (Å²) in [6.07, 6.45) is -0.443. The van der Waals surface area contributed by atoms with Gasteiger partial charge in [-0.2, -0.15) is 0 Å². The fourth-order valence-electron chi connectivity index (χ4n) is 2.93. The van der Waals surface area contributed by atoms with Crippen LogP contribution in [0.4, 0.5) is 4.79 Å². The molecule has 1 amide bonds. The Labute approximate surface area is 159 Å². The van der Waals surface area contributed by atoms with Crippen LogP contribution in [0.25, 0.3) is 0 Å². The van der Waals surface area contributed by atoms with Crippen LogP contribution in [0.3, 0.4) is 0 Å². The van der Waals surface area contributed by atoms with E-state index in [4.69, 9.17) is 18.5 Å². The third-order valence-electron chi connectivity index (χ3n) is 4.29. The van der Waals surface area contributed by atoms with Gasteiger partial charge in [0, 0.05) is 5.92 Å². The molecule has 0 aliphatic heterocycles. The van der Waals surface area contributed by atoms with Gasteiger partial charge in [-0.05, 0) is 25.8 Å². The van der Waals surface area contributed by atoms with Gasteiger partial charge >= 0.3 is 19.7 Å². The number of carbonyl (C=O) groups is 2. The topological polar surface area (TPSA) is 100 Å². The number of methoxy groups -OCH3 is 1. The van der Waals surface area contributed by atoms with Gasteiger partial charge in [-0.3, -0.25) is 4.57 Å². The summed E-state index contributed by atoms with van der Waals surface area (Å²) in [4.78, 5) is 24.4. The van der Waals surface area contributed by atoms with E-state index in [1.807, 2.05) is 30.3 Å². The Hall–Kier alpha value is -1.89. The van der Waals surface area contributed by atoms with E-state index in [2.05, 4.69) is 5.32 Å². The Morgan fingerprint density at radius 1 is 1.19 bits per heavy atom. The Morgan fingerprint density at radius 3 is 2.37 bits per heavy atom. The SMILES string of the molecule is CCOP(=O)(C[C@@H]1C[C@@]1(NC(=O)OCc1ccccc1)C(=O)OC)OCC. The zero-order chi connectivity index (χ0) is 19.9. The summed E-state index contributed by atoms with van der Waals surface area (Å²) >= 11 is 0. The van der Waals surface area contributed by atoms with Crippen molar-refractivity contribution in [1.29, 1.82) is 0 Å². The van der Waals surface area contributed by atoms with Gasteiger partial charge in [0.2, 0.25) is 0 Å². The number of nitrogens with one attached hydrogen (secondary N) is 1. The van der Waals surface area contributed by atoms with Gasteiger partial charge in [0.05, 0.1) is 26.5 Å². The predicted molar refractivity (Wildman–Crippen MR) is 98.3 cm³/mol. The van der Waals surface area contributed by atoms with E-state index in [0.717, 1.165) is 5.56 Å². The molecule has 9 heteroatoms. The van der Waals surface area contributed by atoms with Crippen molar-refractivity contribution >= 4 is 19.7 Å². The monoisotopic (exact) mass is 399 g/mol. The van der Waals surface area contributed by atoms with Crippen LogP contribution in [0.1, 0.15) is 25.8 Å². The summed E-state index contributed by atoms with van der Waals surface area (Å²) in [5.74, 6) is -1.03. The second-order valence-electron chi connectivity index (χ2n) is 6.18. The minimum Gasteiger partial charge on any atom is -0.467 e. The van der Waals surface area contributed by atoms with Crippen molar-refractivity contribution in [2.75, 3.05) is 26.5 Å². The van der Waals surface area contributed by atoms with Gasteiger partial charge in [0.15, 0.2) is 0 Å². The number of esters is 1. The minimum absolute atomic E-state index is 0.0166. The van der Waals surface area contributed by atoms with Crippen LogP contribution < -0.4 is 5.32 Å². The van der Waals surface area contributed by atoms with Gasteiger partial charge in [-0.15, -0.1) is 0 Å². The van der Waals surface area contributed by atoms with Crippen molar-refractivity contribution in [1.82, 2.24) is 5.32 Å².